The molecule has 0 aliphatic rings. The zero-order valence-corrected chi connectivity index (χ0v) is 11.4. The number of halogens is 3. The lowest BCUT2D eigenvalue weighted by atomic mass is 10.2. The van der Waals surface area contributed by atoms with Gasteiger partial charge in [-0.25, -0.2) is 0 Å². The fourth-order valence-electron chi connectivity index (χ4n) is 1.57. The lowest BCUT2D eigenvalue weighted by molar-refractivity contribution is -0.137. The van der Waals surface area contributed by atoms with Gasteiger partial charge in [0.2, 0.25) is 0 Å². The predicted octanol–water partition coefficient (Wildman–Crippen LogP) is 3.28. The maximum atomic E-state index is 12.4. The fraction of sp³-hybridized carbons (Fsp3) is 0.267. The van der Waals surface area contributed by atoms with E-state index in [1.165, 1.54) is 17.0 Å². The number of hydrogen-bond donors (Lipinski definition) is 0. The van der Waals surface area contributed by atoms with Crippen LogP contribution in [0, 0.1) is 0 Å². The highest BCUT2D eigenvalue weighted by Gasteiger charge is 2.30. The molecule has 1 aromatic rings. The van der Waals surface area contributed by atoms with Gasteiger partial charge in [0.15, 0.2) is 6.61 Å². The molecule has 21 heavy (non-hydrogen) atoms. The van der Waals surface area contributed by atoms with Crippen molar-refractivity contribution in [1.29, 1.82) is 0 Å². The van der Waals surface area contributed by atoms with Gasteiger partial charge >= 0.3 is 6.18 Å². The van der Waals surface area contributed by atoms with E-state index in [-0.39, 0.29) is 18.3 Å². The van der Waals surface area contributed by atoms with Crippen LogP contribution in [-0.2, 0) is 11.0 Å². The van der Waals surface area contributed by atoms with E-state index in [1.807, 2.05) is 0 Å². The summed E-state index contributed by atoms with van der Waals surface area (Å²) < 4.78 is 42.3. The first-order valence-electron chi connectivity index (χ1n) is 6.18. The minimum absolute atomic E-state index is 0.202. The maximum Gasteiger partial charge on any atom is 0.416 e. The molecule has 0 spiro atoms. The van der Waals surface area contributed by atoms with Crippen LogP contribution in [0.1, 0.15) is 5.56 Å². The van der Waals surface area contributed by atoms with Gasteiger partial charge in [0.1, 0.15) is 5.75 Å². The summed E-state index contributed by atoms with van der Waals surface area (Å²) in [5.74, 6) is -0.0943. The number of nitrogens with zero attached hydrogens (tertiary/aromatic N) is 1. The van der Waals surface area contributed by atoms with Crippen LogP contribution in [-0.4, -0.2) is 30.5 Å². The van der Waals surface area contributed by atoms with Crippen LogP contribution in [0.4, 0.5) is 13.2 Å². The third-order valence-electron chi connectivity index (χ3n) is 2.60. The quantitative estimate of drug-likeness (QED) is 0.723. The Balaban J connectivity index is 2.60. The monoisotopic (exact) mass is 299 g/mol. The first-order valence-corrected chi connectivity index (χ1v) is 6.18. The highest BCUT2D eigenvalue weighted by molar-refractivity contribution is 5.78. The van der Waals surface area contributed by atoms with Crippen molar-refractivity contribution in [2.24, 2.45) is 0 Å². The molecule has 0 aliphatic carbocycles. The fourth-order valence-corrected chi connectivity index (χ4v) is 1.57. The van der Waals surface area contributed by atoms with Crippen molar-refractivity contribution >= 4 is 5.91 Å². The second kappa shape index (κ2) is 7.52. The predicted molar refractivity (Wildman–Crippen MR) is 73.9 cm³/mol. The van der Waals surface area contributed by atoms with Gasteiger partial charge in [0, 0.05) is 13.1 Å². The minimum Gasteiger partial charge on any atom is -0.484 e. The van der Waals surface area contributed by atoms with Crippen LogP contribution < -0.4 is 4.74 Å². The van der Waals surface area contributed by atoms with E-state index in [9.17, 15) is 18.0 Å². The molecule has 0 saturated heterocycles. The van der Waals surface area contributed by atoms with Crippen LogP contribution in [0.15, 0.2) is 49.6 Å². The molecule has 0 aliphatic heterocycles. The number of benzene rings is 1. The number of amides is 1. The lowest BCUT2D eigenvalue weighted by Gasteiger charge is -2.19. The van der Waals surface area contributed by atoms with Gasteiger partial charge in [-0.1, -0.05) is 12.2 Å². The molecule has 0 saturated carbocycles. The summed E-state index contributed by atoms with van der Waals surface area (Å²) >= 11 is 0. The second-order valence-electron chi connectivity index (χ2n) is 4.19. The van der Waals surface area contributed by atoms with Crippen LogP contribution in [0.3, 0.4) is 0 Å². The Labute approximate surface area is 121 Å². The van der Waals surface area contributed by atoms with Gasteiger partial charge in [-0.05, 0) is 24.3 Å². The molecule has 0 heterocycles. The average molecular weight is 299 g/mol. The minimum atomic E-state index is -4.39. The summed E-state index contributed by atoms with van der Waals surface area (Å²) in [6.45, 7) is 7.52. The molecular weight excluding hydrogens is 283 g/mol. The second-order valence-corrected chi connectivity index (χ2v) is 4.19. The van der Waals surface area contributed by atoms with Crippen molar-refractivity contribution in [2.75, 3.05) is 19.7 Å². The van der Waals surface area contributed by atoms with E-state index < -0.39 is 11.7 Å². The normalized spacial score (nSPS) is 10.8. The SMILES string of the molecule is C=CCN(CC=C)C(=O)COc1ccc(C(F)(F)F)cc1. The van der Waals surface area contributed by atoms with E-state index in [2.05, 4.69) is 13.2 Å². The first kappa shape index (κ1) is 16.8. The lowest BCUT2D eigenvalue weighted by Crippen LogP contribution is -2.35. The van der Waals surface area contributed by atoms with E-state index in [1.54, 1.807) is 12.2 Å². The molecule has 1 rings (SSSR count). The Bertz CT molecular complexity index is 485. The zero-order valence-electron chi connectivity index (χ0n) is 11.4. The molecular formula is C15H16F3NO2. The van der Waals surface area contributed by atoms with Gasteiger partial charge in [0.05, 0.1) is 5.56 Å². The molecule has 0 aromatic heterocycles. The summed E-state index contributed by atoms with van der Waals surface area (Å²) in [5, 5.41) is 0. The largest absolute Gasteiger partial charge is 0.484 e. The first-order chi connectivity index (χ1) is 9.88. The Kier molecular flexibility index (Phi) is 6.02. The van der Waals surface area contributed by atoms with E-state index in [4.69, 9.17) is 4.74 Å². The molecule has 0 radical (unpaired) electrons. The van der Waals surface area contributed by atoms with Crippen molar-refractivity contribution in [3.05, 3.63) is 55.1 Å². The van der Waals surface area contributed by atoms with E-state index in [0.29, 0.717) is 13.1 Å². The molecule has 1 aromatic carbocycles. The molecule has 1 amide bonds. The Morgan fingerprint density at radius 1 is 1.14 bits per heavy atom. The van der Waals surface area contributed by atoms with E-state index >= 15 is 0 Å². The summed E-state index contributed by atoms with van der Waals surface area (Å²) in [6, 6.07) is 4.18. The molecule has 0 bridgehead atoms. The summed E-state index contributed by atoms with van der Waals surface area (Å²) in [4.78, 5) is 13.3. The molecule has 114 valence electrons. The molecule has 0 N–H and O–H groups in total. The molecule has 0 atom stereocenters. The highest BCUT2D eigenvalue weighted by atomic mass is 19.4. The number of carbonyl (C=O) groups is 1. The standard InChI is InChI=1S/C15H16F3NO2/c1-3-9-19(10-4-2)14(20)11-21-13-7-5-12(6-8-13)15(16,17)18/h3-8H,1-2,9-11H2. The van der Waals surface area contributed by atoms with Gasteiger partial charge in [-0.3, -0.25) is 4.79 Å². The van der Waals surface area contributed by atoms with Crippen molar-refractivity contribution in [3.63, 3.8) is 0 Å². The third kappa shape index (κ3) is 5.33. The number of rotatable bonds is 7. The van der Waals surface area contributed by atoms with Crippen LogP contribution >= 0.6 is 0 Å². The number of ether oxygens (including phenoxy) is 1. The third-order valence-corrected chi connectivity index (χ3v) is 2.60. The average Bonchev–Trinajstić information content (AvgIpc) is 2.44. The van der Waals surface area contributed by atoms with Gasteiger partial charge in [-0.15, -0.1) is 13.2 Å². The van der Waals surface area contributed by atoms with Crippen LogP contribution in [0.5, 0.6) is 5.75 Å². The Morgan fingerprint density at radius 3 is 2.10 bits per heavy atom. The molecule has 3 nitrogen and oxygen atoms in total. The number of alkyl halides is 3. The van der Waals surface area contributed by atoms with Crippen molar-refractivity contribution < 1.29 is 22.7 Å². The number of hydrogen-bond acceptors (Lipinski definition) is 2. The van der Waals surface area contributed by atoms with Crippen molar-refractivity contribution in [2.45, 2.75) is 6.18 Å². The zero-order chi connectivity index (χ0) is 15.9. The van der Waals surface area contributed by atoms with Crippen LogP contribution in [0.25, 0.3) is 0 Å². The maximum absolute atomic E-state index is 12.4. The topological polar surface area (TPSA) is 29.5 Å². The summed E-state index contributed by atoms with van der Waals surface area (Å²) in [6.07, 6.45) is -1.25. The van der Waals surface area contributed by atoms with Crippen molar-refractivity contribution in [1.82, 2.24) is 4.90 Å². The molecule has 0 unspecified atom stereocenters. The summed E-state index contributed by atoms with van der Waals surface area (Å²) in [5.41, 5.74) is -0.763. The summed E-state index contributed by atoms with van der Waals surface area (Å²) in [7, 11) is 0. The molecule has 0 fully saturated rings. The smallest absolute Gasteiger partial charge is 0.416 e. The van der Waals surface area contributed by atoms with Crippen LogP contribution in [0.2, 0.25) is 0 Å². The van der Waals surface area contributed by atoms with Gasteiger partial charge in [0.25, 0.3) is 5.91 Å². The Hall–Kier alpha value is -2.24. The van der Waals surface area contributed by atoms with E-state index in [0.717, 1.165) is 12.1 Å². The number of carbonyl (C=O) groups excluding carboxylic acids is 1. The van der Waals surface area contributed by atoms with Gasteiger partial charge in [-0.2, -0.15) is 13.2 Å². The molecule has 6 heteroatoms. The Morgan fingerprint density at radius 2 is 1.67 bits per heavy atom. The van der Waals surface area contributed by atoms with Gasteiger partial charge < -0.3 is 9.64 Å². The highest BCUT2D eigenvalue weighted by Crippen LogP contribution is 2.30. The van der Waals surface area contributed by atoms with Crippen molar-refractivity contribution in [3.8, 4) is 5.75 Å².